The van der Waals surface area contributed by atoms with E-state index in [2.05, 4.69) is 5.32 Å². The number of carbonyl (C=O) groups excluding carboxylic acids is 2. The largest absolute Gasteiger partial charge is 0.367 e. The SMILES string of the molecule is NC(=O)[C@H]1CC[C@@H](CNC(=O)c2c(F)cccc2Cl)O1. The molecule has 1 aliphatic rings. The lowest BCUT2D eigenvalue weighted by molar-refractivity contribution is -0.128. The summed E-state index contributed by atoms with van der Waals surface area (Å²) in [5.74, 6) is -1.81. The van der Waals surface area contributed by atoms with Gasteiger partial charge in [-0.1, -0.05) is 17.7 Å². The van der Waals surface area contributed by atoms with Crippen LogP contribution in [0.3, 0.4) is 0 Å². The topological polar surface area (TPSA) is 81.4 Å². The summed E-state index contributed by atoms with van der Waals surface area (Å²) in [6.07, 6.45) is 0.214. The second-order valence-electron chi connectivity index (χ2n) is 4.53. The molecule has 0 radical (unpaired) electrons. The van der Waals surface area contributed by atoms with Gasteiger partial charge in [-0.2, -0.15) is 0 Å². The maximum atomic E-state index is 13.5. The number of amides is 2. The monoisotopic (exact) mass is 300 g/mol. The van der Waals surface area contributed by atoms with Gasteiger partial charge in [-0.3, -0.25) is 9.59 Å². The van der Waals surface area contributed by atoms with Crippen LogP contribution in [0.5, 0.6) is 0 Å². The maximum Gasteiger partial charge on any atom is 0.255 e. The number of hydrogen-bond donors (Lipinski definition) is 2. The molecule has 5 nitrogen and oxygen atoms in total. The Morgan fingerprint density at radius 1 is 1.45 bits per heavy atom. The molecule has 1 heterocycles. The average molecular weight is 301 g/mol. The summed E-state index contributed by atoms with van der Waals surface area (Å²) in [6, 6.07) is 4.02. The van der Waals surface area contributed by atoms with Crippen molar-refractivity contribution < 1.29 is 18.7 Å². The van der Waals surface area contributed by atoms with Crippen molar-refractivity contribution in [1.82, 2.24) is 5.32 Å². The number of benzene rings is 1. The van der Waals surface area contributed by atoms with Crippen LogP contribution in [0.4, 0.5) is 4.39 Å². The molecule has 7 heteroatoms. The van der Waals surface area contributed by atoms with Gasteiger partial charge in [-0.05, 0) is 25.0 Å². The maximum absolute atomic E-state index is 13.5. The Kier molecular flexibility index (Phi) is 4.57. The fourth-order valence-electron chi connectivity index (χ4n) is 2.07. The number of primary amides is 1. The highest BCUT2D eigenvalue weighted by Crippen LogP contribution is 2.20. The molecule has 108 valence electrons. The Labute approximate surface area is 120 Å². The van der Waals surface area contributed by atoms with E-state index >= 15 is 0 Å². The lowest BCUT2D eigenvalue weighted by Gasteiger charge is -2.13. The minimum Gasteiger partial charge on any atom is -0.367 e. The van der Waals surface area contributed by atoms with Crippen molar-refractivity contribution in [2.75, 3.05) is 6.54 Å². The van der Waals surface area contributed by atoms with Gasteiger partial charge in [-0.25, -0.2) is 4.39 Å². The first-order valence-electron chi connectivity index (χ1n) is 6.16. The van der Waals surface area contributed by atoms with Crippen LogP contribution in [0.1, 0.15) is 23.2 Å². The third-order valence-corrected chi connectivity index (χ3v) is 3.42. The molecule has 0 spiro atoms. The van der Waals surface area contributed by atoms with Gasteiger partial charge in [0.25, 0.3) is 5.91 Å². The van der Waals surface area contributed by atoms with Crippen molar-refractivity contribution >= 4 is 23.4 Å². The standard InChI is InChI=1S/C13H14ClFN2O3/c14-8-2-1-3-9(15)11(8)13(19)17-6-7-4-5-10(20-7)12(16)18/h1-3,7,10H,4-6H2,(H2,16,18)(H,17,19)/t7-,10+/m0/s1. The predicted molar refractivity (Wildman–Crippen MR) is 70.8 cm³/mol. The van der Waals surface area contributed by atoms with Gasteiger partial charge in [0.05, 0.1) is 16.7 Å². The average Bonchev–Trinajstić information content (AvgIpc) is 2.85. The minimum absolute atomic E-state index is 0.0462. The fourth-order valence-corrected chi connectivity index (χ4v) is 2.32. The molecule has 3 N–H and O–H groups in total. The summed E-state index contributed by atoms with van der Waals surface area (Å²) in [5, 5.41) is 2.59. The molecule has 0 unspecified atom stereocenters. The number of ether oxygens (including phenoxy) is 1. The van der Waals surface area contributed by atoms with E-state index in [9.17, 15) is 14.0 Å². The van der Waals surface area contributed by atoms with E-state index in [1.165, 1.54) is 12.1 Å². The van der Waals surface area contributed by atoms with Crippen LogP contribution in [0, 0.1) is 5.82 Å². The normalized spacial score (nSPS) is 21.7. The lowest BCUT2D eigenvalue weighted by Crippen LogP contribution is -2.34. The van der Waals surface area contributed by atoms with E-state index < -0.39 is 23.7 Å². The van der Waals surface area contributed by atoms with E-state index in [0.29, 0.717) is 12.8 Å². The van der Waals surface area contributed by atoms with Crippen LogP contribution in [0.2, 0.25) is 5.02 Å². The van der Waals surface area contributed by atoms with E-state index in [1.54, 1.807) is 0 Å². The van der Waals surface area contributed by atoms with E-state index in [-0.39, 0.29) is 23.2 Å². The van der Waals surface area contributed by atoms with Crippen LogP contribution in [-0.2, 0) is 9.53 Å². The summed E-state index contributed by atoms with van der Waals surface area (Å²) in [7, 11) is 0. The van der Waals surface area contributed by atoms with Crippen LogP contribution in [0.25, 0.3) is 0 Å². The summed E-state index contributed by atoms with van der Waals surface area (Å²) in [5.41, 5.74) is 4.93. The highest BCUT2D eigenvalue weighted by Gasteiger charge is 2.29. The van der Waals surface area contributed by atoms with Crippen molar-refractivity contribution in [3.05, 3.63) is 34.6 Å². The Morgan fingerprint density at radius 3 is 2.80 bits per heavy atom. The highest BCUT2D eigenvalue weighted by molar-refractivity contribution is 6.33. The second-order valence-corrected chi connectivity index (χ2v) is 4.94. The van der Waals surface area contributed by atoms with Gasteiger partial charge in [0.2, 0.25) is 5.91 Å². The highest BCUT2D eigenvalue weighted by atomic mass is 35.5. The number of hydrogen-bond acceptors (Lipinski definition) is 3. The van der Waals surface area contributed by atoms with Gasteiger partial charge in [0.1, 0.15) is 11.9 Å². The third kappa shape index (κ3) is 3.26. The predicted octanol–water partition coefficient (Wildman–Crippen LogP) is 1.24. The molecule has 0 bridgehead atoms. The molecule has 1 saturated heterocycles. The molecule has 0 aliphatic carbocycles. The van der Waals surface area contributed by atoms with E-state index in [1.807, 2.05) is 0 Å². The third-order valence-electron chi connectivity index (χ3n) is 3.10. The zero-order valence-corrected chi connectivity index (χ0v) is 11.3. The van der Waals surface area contributed by atoms with Crippen molar-refractivity contribution in [2.24, 2.45) is 5.73 Å². The molecule has 1 fully saturated rings. The molecule has 2 amide bonds. The molecule has 1 aromatic rings. The number of nitrogens with one attached hydrogen (secondary N) is 1. The molecule has 2 atom stereocenters. The minimum atomic E-state index is -0.683. The van der Waals surface area contributed by atoms with Gasteiger partial charge >= 0.3 is 0 Å². The molecule has 1 aliphatic heterocycles. The Balaban J connectivity index is 1.92. The Hall–Kier alpha value is -1.66. The molecular weight excluding hydrogens is 287 g/mol. The first kappa shape index (κ1) is 14.7. The van der Waals surface area contributed by atoms with Crippen molar-refractivity contribution in [3.63, 3.8) is 0 Å². The smallest absolute Gasteiger partial charge is 0.255 e. The van der Waals surface area contributed by atoms with Crippen molar-refractivity contribution in [2.45, 2.75) is 25.0 Å². The van der Waals surface area contributed by atoms with Crippen LogP contribution in [0.15, 0.2) is 18.2 Å². The zero-order chi connectivity index (χ0) is 14.7. The Bertz CT molecular complexity index is 518. The first-order chi connectivity index (χ1) is 9.49. The van der Waals surface area contributed by atoms with Crippen LogP contribution < -0.4 is 11.1 Å². The fraction of sp³-hybridized carbons (Fsp3) is 0.385. The van der Waals surface area contributed by atoms with Crippen LogP contribution >= 0.6 is 11.6 Å². The quantitative estimate of drug-likeness (QED) is 0.878. The lowest BCUT2D eigenvalue weighted by atomic mass is 10.1. The Morgan fingerprint density at radius 2 is 2.20 bits per heavy atom. The molecule has 0 aromatic heterocycles. The number of rotatable bonds is 4. The summed E-state index contributed by atoms with van der Waals surface area (Å²) in [6.45, 7) is 0.174. The summed E-state index contributed by atoms with van der Waals surface area (Å²) >= 11 is 5.79. The van der Waals surface area contributed by atoms with Gasteiger partial charge < -0.3 is 15.8 Å². The molecule has 1 aromatic carbocycles. The first-order valence-corrected chi connectivity index (χ1v) is 6.54. The van der Waals surface area contributed by atoms with E-state index in [4.69, 9.17) is 22.1 Å². The summed E-state index contributed by atoms with van der Waals surface area (Å²) < 4.78 is 18.9. The molecule has 0 saturated carbocycles. The molecule has 2 rings (SSSR count). The zero-order valence-electron chi connectivity index (χ0n) is 10.6. The number of carbonyl (C=O) groups is 2. The second kappa shape index (κ2) is 6.19. The molecule has 20 heavy (non-hydrogen) atoms. The van der Waals surface area contributed by atoms with Gasteiger partial charge in [-0.15, -0.1) is 0 Å². The number of halogens is 2. The van der Waals surface area contributed by atoms with Gasteiger partial charge in [0, 0.05) is 6.54 Å². The van der Waals surface area contributed by atoms with Gasteiger partial charge in [0.15, 0.2) is 0 Å². The van der Waals surface area contributed by atoms with E-state index in [0.717, 1.165) is 6.07 Å². The van der Waals surface area contributed by atoms with Crippen LogP contribution in [-0.4, -0.2) is 30.6 Å². The number of nitrogens with two attached hydrogens (primary N) is 1. The van der Waals surface area contributed by atoms with Crippen molar-refractivity contribution in [1.29, 1.82) is 0 Å². The van der Waals surface area contributed by atoms with Crippen molar-refractivity contribution in [3.8, 4) is 0 Å². The molecular formula is C13H14ClFN2O3. The summed E-state index contributed by atoms with van der Waals surface area (Å²) in [4.78, 5) is 22.8.